The van der Waals surface area contributed by atoms with Gasteiger partial charge in [-0.2, -0.15) is 0 Å². The molecule has 0 saturated heterocycles. The van der Waals surface area contributed by atoms with Crippen LogP contribution in [0.3, 0.4) is 0 Å². The summed E-state index contributed by atoms with van der Waals surface area (Å²) in [5.74, 6) is 0.543. The summed E-state index contributed by atoms with van der Waals surface area (Å²) >= 11 is 0. The molecule has 2 rings (SSSR count). The second-order valence-electron chi connectivity index (χ2n) is 6.08. The highest BCUT2D eigenvalue weighted by Gasteiger charge is 2.40. The number of benzene rings is 1. The summed E-state index contributed by atoms with van der Waals surface area (Å²) < 4.78 is 11.1. The van der Waals surface area contributed by atoms with Crippen molar-refractivity contribution >= 4 is 5.97 Å². The first-order valence-corrected chi connectivity index (χ1v) is 7.59. The fourth-order valence-electron chi connectivity index (χ4n) is 2.37. The lowest BCUT2D eigenvalue weighted by atomic mass is 10.0. The van der Waals surface area contributed by atoms with E-state index in [1.165, 1.54) is 0 Å². The summed E-state index contributed by atoms with van der Waals surface area (Å²) in [5, 5.41) is 3.35. The van der Waals surface area contributed by atoms with Crippen molar-refractivity contribution in [2.45, 2.75) is 52.1 Å². The molecule has 1 unspecified atom stereocenters. The molecule has 1 N–H and O–H groups in total. The van der Waals surface area contributed by atoms with Crippen LogP contribution >= 0.6 is 0 Å². The molecule has 1 saturated carbocycles. The molecule has 0 spiro atoms. The molecule has 1 atom stereocenters. The number of ether oxygens (including phenoxy) is 2. The summed E-state index contributed by atoms with van der Waals surface area (Å²) in [6.45, 7) is 8.39. The van der Waals surface area contributed by atoms with Crippen LogP contribution in [0.5, 0.6) is 5.75 Å². The van der Waals surface area contributed by atoms with Crippen molar-refractivity contribution in [3.63, 3.8) is 0 Å². The summed E-state index contributed by atoms with van der Waals surface area (Å²) in [5.41, 5.74) is 1.51. The van der Waals surface area contributed by atoms with Crippen LogP contribution in [0.25, 0.3) is 0 Å². The van der Waals surface area contributed by atoms with Gasteiger partial charge in [0.15, 0.2) is 0 Å². The Hall–Kier alpha value is -1.55. The molecular weight excluding hydrogens is 266 g/mol. The maximum atomic E-state index is 12.2. The third-order valence-electron chi connectivity index (χ3n) is 3.55. The molecular formula is C17H25NO3. The highest BCUT2D eigenvalue weighted by Crippen LogP contribution is 2.24. The van der Waals surface area contributed by atoms with Crippen LogP contribution < -0.4 is 10.1 Å². The predicted molar refractivity (Wildman–Crippen MR) is 82.6 cm³/mol. The molecule has 0 aliphatic heterocycles. The maximum absolute atomic E-state index is 12.2. The van der Waals surface area contributed by atoms with E-state index in [2.05, 4.69) is 11.4 Å². The summed E-state index contributed by atoms with van der Waals surface area (Å²) in [7, 11) is 0. The average molecular weight is 291 g/mol. The van der Waals surface area contributed by atoms with Crippen molar-refractivity contribution in [1.29, 1.82) is 0 Å². The minimum atomic E-state index is -0.797. The van der Waals surface area contributed by atoms with Crippen molar-refractivity contribution in [2.24, 2.45) is 0 Å². The molecule has 1 aliphatic carbocycles. The minimum absolute atomic E-state index is 0.249. The van der Waals surface area contributed by atoms with E-state index in [4.69, 9.17) is 9.47 Å². The Morgan fingerprint density at radius 2 is 1.90 bits per heavy atom. The largest absolute Gasteiger partial charge is 0.491 e. The monoisotopic (exact) mass is 291 g/mol. The lowest BCUT2D eigenvalue weighted by Gasteiger charge is -2.28. The van der Waals surface area contributed by atoms with Crippen LogP contribution in [0.4, 0.5) is 0 Å². The van der Waals surface area contributed by atoms with Crippen molar-refractivity contribution in [1.82, 2.24) is 5.32 Å². The average Bonchev–Trinajstić information content (AvgIpc) is 3.19. The van der Waals surface area contributed by atoms with Gasteiger partial charge in [-0.3, -0.25) is 5.32 Å². The molecule has 4 heteroatoms. The first kappa shape index (κ1) is 15.8. The molecule has 4 nitrogen and oxygen atoms in total. The Morgan fingerprint density at radius 1 is 1.29 bits per heavy atom. The second-order valence-corrected chi connectivity index (χ2v) is 6.08. The Balaban J connectivity index is 2.05. The molecule has 0 heterocycles. The van der Waals surface area contributed by atoms with E-state index in [9.17, 15) is 4.79 Å². The predicted octanol–water partition coefficient (Wildman–Crippen LogP) is 2.76. The van der Waals surface area contributed by atoms with Gasteiger partial charge in [-0.15, -0.1) is 0 Å². The van der Waals surface area contributed by atoms with Crippen LogP contribution in [-0.4, -0.2) is 30.8 Å². The molecule has 1 aliphatic rings. The maximum Gasteiger partial charge on any atom is 0.329 e. The lowest BCUT2D eigenvalue weighted by molar-refractivity contribution is -0.152. The van der Waals surface area contributed by atoms with Gasteiger partial charge in [-0.05, 0) is 63.8 Å². The van der Waals surface area contributed by atoms with Crippen LogP contribution in [0.15, 0.2) is 18.2 Å². The second kappa shape index (κ2) is 6.48. The Bertz CT molecular complexity index is 491. The zero-order chi connectivity index (χ0) is 15.5. The van der Waals surface area contributed by atoms with E-state index in [-0.39, 0.29) is 12.6 Å². The molecule has 0 amide bonds. The van der Waals surface area contributed by atoms with Crippen LogP contribution in [0.2, 0.25) is 0 Å². The highest BCUT2D eigenvalue weighted by atomic mass is 16.5. The number of hydrogen-bond acceptors (Lipinski definition) is 4. The summed E-state index contributed by atoms with van der Waals surface area (Å²) in [6, 6.07) is 6.47. The molecule has 1 fully saturated rings. The number of carbonyl (C=O) groups excluding carboxylic acids is 1. The zero-order valence-electron chi connectivity index (χ0n) is 13.4. The van der Waals surface area contributed by atoms with Gasteiger partial charge in [0.25, 0.3) is 0 Å². The molecule has 0 aromatic heterocycles. The lowest BCUT2D eigenvalue weighted by Crippen LogP contribution is -2.55. The molecule has 0 radical (unpaired) electrons. The number of aryl methyl sites for hydroxylation is 2. The quantitative estimate of drug-likeness (QED) is 0.785. The highest BCUT2D eigenvalue weighted by molar-refractivity contribution is 5.80. The van der Waals surface area contributed by atoms with Gasteiger partial charge in [0, 0.05) is 6.04 Å². The number of hydrogen-bond donors (Lipinski definition) is 1. The summed E-state index contributed by atoms with van der Waals surface area (Å²) in [4.78, 5) is 12.2. The van der Waals surface area contributed by atoms with Crippen molar-refractivity contribution < 1.29 is 14.3 Å². The molecule has 21 heavy (non-hydrogen) atoms. The van der Waals surface area contributed by atoms with E-state index in [1.807, 2.05) is 39.8 Å². The van der Waals surface area contributed by atoms with E-state index >= 15 is 0 Å². The molecule has 1 aromatic carbocycles. The Labute approximate surface area is 126 Å². The SMILES string of the molecule is CCOC(=O)C(C)(COc1cc(C)cc(C)c1)NC1CC1. The first-order valence-electron chi connectivity index (χ1n) is 7.59. The fraction of sp³-hybridized carbons (Fsp3) is 0.588. The van der Waals surface area contributed by atoms with Gasteiger partial charge in [-0.25, -0.2) is 4.79 Å². The van der Waals surface area contributed by atoms with Gasteiger partial charge < -0.3 is 9.47 Å². The molecule has 1 aromatic rings. The Kier molecular flexibility index (Phi) is 4.88. The van der Waals surface area contributed by atoms with Crippen molar-refractivity contribution in [2.75, 3.05) is 13.2 Å². The van der Waals surface area contributed by atoms with E-state index < -0.39 is 5.54 Å². The Morgan fingerprint density at radius 3 is 2.43 bits per heavy atom. The van der Waals surface area contributed by atoms with Gasteiger partial charge in [0.1, 0.15) is 17.9 Å². The smallest absolute Gasteiger partial charge is 0.329 e. The number of carbonyl (C=O) groups is 1. The number of nitrogens with one attached hydrogen (secondary N) is 1. The molecule has 116 valence electrons. The third kappa shape index (κ3) is 4.46. The van der Waals surface area contributed by atoms with E-state index in [0.717, 1.165) is 29.7 Å². The number of rotatable bonds is 7. The molecule has 0 bridgehead atoms. The standard InChI is InChI=1S/C17H25NO3/c1-5-20-16(19)17(4,18-14-6-7-14)11-21-15-9-12(2)8-13(3)10-15/h8-10,14,18H,5-7,11H2,1-4H3. The van der Waals surface area contributed by atoms with Crippen LogP contribution in [0.1, 0.15) is 37.8 Å². The van der Waals surface area contributed by atoms with Gasteiger partial charge >= 0.3 is 5.97 Å². The number of esters is 1. The van der Waals surface area contributed by atoms with Gasteiger partial charge in [-0.1, -0.05) is 6.07 Å². The van der Waals surface area contributed by atoms with Crippen LogP contribution in [0, 0.1) is 13.8 Å². The van der Waals surface area contributed by atoms with Crippen LogP contribution in [-0.2, 0) is 9.53 Å². The van der Waals surface area contributed by atoms with Crippen molar-refractivity contribution in [3.05, 3.63) is 29.3 Å². The minimum Gasteiger partial charge on any atom is -0.491 e. The van der Waals surface area contributed by atoms with Gasteiger partial charge in [0.05, 0.1) is 6.61 Å². The first-order chi connectivity index (χ1) is 9.93. The topological polar surface area (TPSA) is 47.6 Å². The zero-order valence-corrected chi connectivity index (χ0v) is 13.4. The normalized spacial score (nSPS) is 17.1. The van der Waals surface area contributed by atoms with Gasteiger partial charge in [0.2, 0.25) is 0 Å². The summed E-state index contributed by atoms with van der Waals surface area (Å²) in [6.07, 6.45) is 2.22. The van der Waals surface area contributed by atoms with E-state index in [1.54, 1.807) is 0 Å². The van der Waals surface area contributed by atoms with E-state index in [0.29, 0.717) is 12.6 Å². The third-order valence-corrected chi connectivity index (χ3v) is 3.55. The fourth-order valence-corrected chi connectivity index (χ4v) is 2.37. The van der Waals surface area contributed by atoms with Crippen molar-refractivity contribution in [3.8, 4) is 5.75 Å².